The predicted octanol–water partition coefficient (Wildman–Crippen LogP) is 3.40. The van der Waals surface area contributed by atoms with E-state index in [1.807, 2.05) is 62.4 Å². The van der Waals surface area contributed by atoms with Crippen molar-refractivity contribution in [1.82, 2.24) is 10.6 Å². The number of benzene rings is 2. The smallest absolute Gasteiger partial charge is 0.411 e. The number of methoxy groups -OCH3 is 2. The molecule has 0 fully saturated rings. The fraction of sp³-hybridized carbons (Fsp3) is 0.364. The fourth-order valence-electron chi connectivity index (χ4n) is 2.59. The van der Waals surface area contributed by atoms with Crippen LogP contribution in [-0.2, 0) is 11.3 Å². The third-order valence-corrected chi connectivity index (χ3v) is 4.10. The predicted molar refractivity (Wildman–Crippen MR) is 118 cm³/mol. The van der Waals surface area contributed by atoms with Gasteiger partial charge in [-0.25, -0.2) is 9.79 Å². The molecule has 2 aromatic rings. The van der Waals surface area contributed by atoms with Crippen LogP contribution < -0.4 is 25.4 Å². The molecule has 0 aromatic heterocycles. The molecule has 3 N–H and O–H groups in total. The summed E-state index contributed by atoms with van der Waals surface area (Å²) in [5, 5.41) is 9.14. The molecule has 0 aliphatic heterocycles. The van der Waals surface area contributed by atoms with Crippen molar-refractivity contribution in [3.63, 3.8) is 0 Å². The second-order valence-electron chi connectivity index (χ2n) is 6.47. The van der Waals surface area contributed by atoms with Crippen molar-refractivity contribution in [2.45, 2.75) is 26.5 Å². The minimum Gasteiger partial charge on any atom is -0.493 e. The quantitative estimate of drug-likeness (QED) is 0.430. The summed E-state index contributed by atoms with van der Waals surface area (Å²) in [7, 11) is 2.95. The lowest BCUT2D eigenvalue weighted by Crippen LogP contribution is -2.41. The number of aliphatic imine (C=N–C) groups is 1. The number of nitrogens with zero attached hydrogens (tertiary/aromatic N) is 1. The van der Waals surface area contributed by atoms with Gasteiger partial charge in [0, 0.05) is 12.2 Å². The SMILES string of the molecule is CCNC(=NCc1ccc(NC(=O)OC)cc1)NCC(C)Oc1ccccc1OC. The minimum atomic E-state index is -0.496. The molecular weight excluding hydrogens is 384 g/mol. The highest BCUT2D eigenvalue weighted by Gasteiger charge is 2.09. The highest BCUT2D eigenvalue weighted by Crippen LogP contribution is 2.26. The maximum atomic E-state index is 11.2. The van der Waals surface area contributed by atoms with E-state index in [1.165, 1.54) is 7.11 Å². The summed E-state index contributed by atoms with van der Waals surface area (Å²) in [6.07, 6.45) is -0.585. The number of carbonyl (C=O) groups is 1. The van der Waals surface area contributed by atoms with Gasteiger partial charge in [-0.1, -0.05) is 24.3 Å². The summed E-state index contributed by atoms with van der Waals surface area (Å²) in [6, 6.07) is 15.0. The molecule has 0 aliphatic rings. The molecule has 1 atom stereocenters. The standard InChI is InChI=1S/C22H30N4O4/c1-5-23-21(24-14-16(2)30-20-9-7-6-8-19(20)28-3)25-15-17-10-12-18(13-11-17)26-22(27)29-4/h6-13,16H,5,14-15H2,1-4H3,(H,26,27)(H2,23,24,25). The average molecular weight is 415 g/mol. The Morgan fingerprint density at radius 1 is 1.03 bits per heavy atom. The Balaban J connectivity index is 1.90. The van der Waals surface area contributed by atoms with Gasteiger partial charge in [0.1, 0.15) is 6.10 Å². The third-order valence-electron chi connectivity index (χ3n) is 4.10. The Kier molecular flexibility index (Phi) is 9.30. The van der Waals surface area contributed by atoms with Crippen LogP contribution in [0.4, 0.5) is 10.5 Å². The van der Waals surface area contributed by atoms with Crippen molar-refractivity contribution >= 4 is 17.7 Å². The summed E-state index contributed by atoms with van der Waals surface area (Å²) < 4.78 is 15.9. The maximum absolute atomic E-state index is 11.2. The molecule has 2 rings (SSSR count). The number of nitrogens with one attached hydrogen (secondary N) is 3. The third kappa shape index (κ3) is 7.54. The van der Waals surface area contributed by atoms with E-state index < -0.39 is 6.09 Å². The van der Waals surface area contributed by atoms with Gasteiger partial charge in [-0.2, -0.15) is 0 Å². The highest BCUT2D eigenvalue weighted by atomic mass is 16.5. The summed E-state index contributed by atoms with van der Waals surface area (Å²) >= 11 is 0. The van der Waals surface area contributed by atoms with E-state index >= 15 is 0 Å². The first-order valence-electron chi connectivity index (χ1n) is 9.81. The lowest BCUT2D eigenvalue weighted by atomic mass is 10.2. The van der Waals surface area contributed by atoms with Crippen molar-refractivity contribution < 1.29 is 19.0 Å². The zero-order valence-electron chi connectivity index (χ0n) is 17.9. The summed E-state index contributed by atoms with van der Waals surface area (Å²) in [6.45, 7) is 5.81. The number of guanidine groups is 1. The summed E-state index contributed by atoms with van der Waals surface area (Å²) in [4.78, 5) is 15.8. The number of anilines is 1. The van der Waals surface area contributed by atoms with E-state index in [0.717, 1.165) is 12.1 Å². The summed E-state index contributed by atoms with van der Waals surface area (Å²) in [5.41, 5.74) is 1.68. The molecule has 162 valence electrons. The molecule has 0 heterocycles. The second kappa shape index (κ2) is 12.2. The molecule has 1 amide bonds. The molecule has 0 radical (unpaired) electrons. The molecule has 2 aromatic carbocycles. The fourth-order valence-corrected chi connectivity index (χ4v) is 2.59. The van der Waals surface area contributed by atoms with Gasteiger partial charge in [0.15, 0.2) is 17.5 Å². The van der Waals surface area contributed by atoms with Crippen molar-refractivity contribution in [3.8, 4) is 11.5 Å². The number of hydrogen-bond donors (Lipinski definition) is 3. The van der Waals surface area contributed by atoms with Gasteiger partial charge in [0.2, 0.25) is 0 Å². The van der Waals surface area contributed by atoms with E-state index in [2.05, 4.69) is 25.7 Å². The number of hydrogen-bond acceptors (Lipinski definition) is 5. The Morgan fingerprint density at radius 2 is 1.73 bits per heavy atom. The molecule has 8 nitrogen and oxygen atoms in total. The largest absolute Gasteiger partial charge is 0.493 e. The van der Waals surface area contributed by atoms with Gasteiger partial charge in [-0.3, -0.25) is 5.32 Å². The molecule has 0 aliphatic carbocycles. The first-order chi connectivity index (χ1) is 14.5. The van der Waals surface area contributed by atoms with Gasteiger partial charge >= 0.3 is 6.09 Å². The van der Waals surface area contributed by atoms with Crippen molar-refractivity contribution in [2.24, 2.45) is 4.99 Å². The van der Waals surface area contributed by atoms with E-state index in [1.54, 1.807) is 7.11 Å². The van der Waals surface area contributed by atoms with Crippen LogP contribution in [0.5, 0.6) is 11.5 Å². The van der Waals surface area contributed by atoms with Crippen LogP contribution in [0.3, 0.4) is 0 Å². The number of para-hydroxylation sites is 2. The topological polar surface area (TPSA) is 93.2 Å². The molecule has 8 heteroatoms. The van der Waals surface area contributed by atoms with Crippen LogP contribution in [0.25, 0.3) is 0 Å². The monoisotopic (exact) mass is 414 g/mol. The average Bonchev–Trinajstić information content (AvgIpc) is 2.77. The first-order valence-corrected chi connectivity index (χ1v) is 9.81. The first kappa shape index (κ1) is 22.9. The zero-order chi connectivity index (χ0) is 21.8. The second-order valence-corrected chi connectivity index (χ2v) is 6.47. The number of rotatable bonds is 9. The zero-order valence-corrected chi connectivity index (χ0v) is 17.9. The van der Waals surface area contributed by atoms with Gasteiger partial charge in [-0.05, 0) is 43.7 Å². The minimum absolute atomic E-state index is 0.0890. The van der Waals surface area contributed by atoms with Gasteiger partial charge in [0.25, 0.3) is 0 Å². The Hall–Kier alpha value is -3.42. The van der Waals surface area contributed by atoms with Crippen molar-refractivity contribution in [2.75, 3.05) is 32.6 Å². The number of carbonyl (C=O) groups excluding carboxylic acids is 1. The highest BCUT2D eigenvalue weighted by molar-refractivity contribution is 5.84. The van der Waals surface area contributed by atoms with Gasteiger partial charge < -0.3 is 24.8 Å². The molecule has 0 saturated heterocycles. The Morgan fingerprint density at radius 3 is 2.37 bits per heavy atom. The lowest BCUT2D eigenvalue weighted by Gasteiger charge is -2.19. The van der Waals surface area contributed by atoms with Crippen LogP contribution in [0.15, 0.2) is 53.5 Å². The number of ether oxygens (including phenoxy) is 3. The van der Waals surface area contributed by atoms with Crippen molar-refractivity contribution in [1.29, 1.82) is 0 Å². The molecule has 0 bridgehead atoms. The van der Waals surface area contributed by atoms with Crippen LogP contribution in [0.1, 0.15) is 19.4 Å². The van der Waals surface area contributed by atoms with E-state index in [0.29, 0.717) is 36.2 Å². The molecule has 0 saturated carbocycles. The van der Waals surface area contributed by atoms with Crippen LogP contribution in [0, 0.1) is 0 Å². The number of amides is 1. The molecular formula is C22H30N4O4. The van der Waals surface area contributed by atoms with Crippen LogP contribution in [0.2, 0.25) is 0 Å². The van der Waals surface area contributed by atoms with E-state index in [-0.39, 0.29) is 6.10 Å². The van der Waals surface area contributed by atoms with Gasteiger partial charge in [0.05, 0.1) is 27.3 Å². The van der Waals surface area contributed by atoms with Crippen LogP contribution in [-0.4, -0.2) is 45.5 Å². The normalized spacial score (nSPS) is 11.9. The van der Waals surface area contributed by atoms with Crippen LogP contribution >= 0.6 is 0 Å². The Bertz CT molecular complexity index is 824. The summed E-state index contributed by atoms with van der Waals surface area (Å²) in [5.74, 6) is 2.11. The van der Waals surface area contributed by atoms with Crippen molar-refractivity contribution in [3.05, 3.63) is 54.1 Å². The van der Waals surface area contributed by atoms with Gasteiger partial charge in [-0.15, -0.1) is 0 Å². The van der Waals surface area contributed by atoms with E-state index in [4.69, 9.17) is 9.47 Å². The molecule has 0 spiro atoms. The molecule has 30 heavy (non-hydrogen) atoms. The molecule has 1 unspecified atom stereocenters. The van der Waals surface area contributed by atoms with E-state index in [9.17, 15) is 4.79 Å². The maximum Gasteiger partial charge on any atom is 0.411 e. The Labute approximate surface area is 177 Å². The lowest BCUT2D eigenvalue weighted by molar-refractivity contribution is 0.187.